The maximum absolute atomic E-state index is 5.62. The molecule has 1 N–H and O–H groups in total. The predicted molar refractivity (Wildman–Crippen MR) is 71.2 cm³/mol. The average molecular weight is 233 g/mol. The molecule has 2 heteroatoms. The summed E-state index contributed by atoms with van der Waals surface area (Å²) in [5, 5.41) is 3.56. The van der Waals surface area contributed by atoms with Crippen LogP contribution in [0.4, 0.5) is 0 Å². The van der Waals surface area contributed by atoms with Gasteiger partial charge in [0.1, 0.15) is 0 Å². The number of benzene rings is 1. The van der Waals surface area contributed by atoms with Crippen LogP contribution in [0.3, 0.4) is 0 Å². The van der Waals surface area contributed by atoms with Crippen LogP contribution in [0.15, 0.2) is 30.3 Å². The van der Waals surface area contributed by atoms with Crippen LogP contribution in [0.25, 0.3) is 0 Å². The third-order valence-electron chi connectivity index (χ3n) is 3.53. The molecule has 1 atom stereocenters. The van der Waals surface area contributed by atoms with E-state index < -0.39 is 0 Å². The number of hydrogen-bond acceptors (Lipinski definition) is 2. The summed E-state index contributed by atoms with van der Waals surface area (Å²) < 4.78 is 5.62. The van der Waals surface area contributed by atoms with Gasteiger partial charge in [-0.3, -0.25) is 0 Å². The van der Waals surface area contributed by atoms with E-state index in [4.69, 9.17) is 4.74 Å². The van der Waals surface area contributed by atoms with Crippen LogP contribution in [-0.2, 0) is 11.2 Å². The second-order valence-corrected chi connectivity index (χ2v) is 5.14. The highest BCUT2D eigenvalue weighted by Gasteiger charge is 2.34. The predicted octanol–water partition coefficient (Wildman–Crippen LogP) is 2.64. The van der Waals surface area contributed by atoms with Gasteiger partial charge in [0.15, 0.2) is 0 Å². The van der Waals surface area contributed by atoms with Crippen molar-refractivity contribution in [1.29, 1.82) is 0 Å². The Labute approximate surface area is 104 Å². The van der Waals surface area contributed by atoms with Crippen LogP contribution in [-0.4, -0.2) is 26.3 Å². The monoisotopic (exact) mass is 233 g/mol. The van der Waals surface area contributed by atoms with E-state index in [0.717, 1.165) is 32.7 Å². The van der Waals surface area contributed by atoms with Crippen LogP contribution < -0.4 is 5.32 Å². The lowest BCUT2D eigenvalue weighted by Gasteiger charge is -2.28. The quantitative estimate of drug-likeness (QED) is 0.763. The summed E-state index contributed by atoms with van der Waals surface area (Å²) in [4.78, 5) is 0. The molecule has 1 aromatic carbocycles. The fraction of sp³-hybridized carbons (Fsp3) is 0.600. The standard InChI is InChI=1S/C15H23NO/c1-2-9-16-12-15(8-10-17-13-15)11-14-6-4-3-5-7-14/h3-7,16H,2,8-13H2,1H3. The van der Waals surface area contributed by atoms with Crippen molar-refractivity contribution < 1.29 is 4.74 Å². The molecule has 1 fully saturated rings. The van der Waals surface area contributed by atoms with E-state index in [1.54, 1.807) is 0 Å². The maximum Gasteiger partial charge on any atom is 0.0538 e. The molecule has 0 bridgehead atoms. The highest BCUT2D eigenvalue weighted by molar-refractivity contribution is 5.17. The molecular formula is C15H23NO. The van der Waals surface area contributed by atoms with E-state index in [2.05, 4.69) is 42.6 Å². The third kappa shape index (κ3) is 3.55. The minimum Gasteiger partial charge on any atom is -0.381 e. The zero-order valence-corrected chi connectivity index (χ0v) is 10.7. The molecule has 17 heavy (non-hydrogen) atoms. The smallest absolute Gasteiger partial charge is 0.0538 e. The van der Waals surface area contributed by atoms with Gasteiger partial charge in [-0.15, -0.1) is 0 Å². The molecule has 1 saturated heterocycles. The van der Waals surface area contributed by atoms with Gasteiger partial charge >= 0.3 is 0 Å². The van der Waals surface area contributed by atoms with Gasteiger partial charge < -0.3 is 10.1 Å². The van der Waals surface area contributed by atoms with Gasteiger partial charge in [0.25, 0.3) is 0 Å². The lowest BCUT2D eigenvalue weighted by atomic mass is 9.81. The molecule has 1 aliphatic rings. The highest BCUT2D eigenvalue weighted by Crippen LogP contribution is 2.32. The van der Waals surface area contributed by atoms with E-state index in [9.17, 15) is 0 Å². The first kappa shape index (κ1) is 12.6. The first-order valence-corrected chi connectivity index (χ1v) is 6.67. The van der Waals surface area contributed by atoms with Gasteiger partial charge in [-0.25, -0.2) is 0 Å². The molecule has 1 heterocycles. The Morgan fingerprint density at radius 2 is 2.12 bits per heavy atom. The van der Waals surface area contributed by atoms with Gasteiger partial charge in [0.05, 0.1) is 6.61 Å². The van der Waals surface area contributed by atoms with Gasteiger partial charge in [0.2, 0.25) is 0 Å². The van der Waals surface area contributed by atoms with Gasteiger partial charge in [-0.05, 0) is 31.4 Å². The lowest BCUT2D eigenvalue weighted by molar-refractivity contribution is 0.149. The van der Waals surface area contributed by atoms with Crippen LogP contribution in [0.5, 0.6) is 0 Å². The van der Waals surface area contributed by atoms with Gasteiger partial charge in [-0.1, -0.05) is 37.3 Å². The largest absolute Gasteiger partial charge is 0.381 e. The third-order valence-corrected chi connectivity index (χ3v) is 3.53. The van der Waals surface area contributed by atoms with Crippen molar-refractivity contribution in [2.24, 2.45) is 5.41 Å². The van der Waals surface area contributed by atoms with Crippen molar-refractivity contribution in [3.8, 4) is 0 Å². The zero-order chi connectivity index (χ0) is 12.0. The molecule has 1 aromatic rings. The van der Waals surface area contributed by atoms with Gasteiger partial charge in [-0.2, -0.15) is 0 Å². The van der Waals surface area contributed by atoms with Crippen molar-refractivity contribution in [2.45, 2.75) is 26.2 Å². The summed E-state index contributed by atoms with van der Waals surface area (Å²) in [6.45, 7) is 6.22. The normalized spacial score (nSPS) is 24.1. The number of nitrogens with one attached hydrogen (secondary N) is 1. The first-order chi connectivity index (χ1) is 8.35. The summed E-state index contributed by atoms with van der Waals surface area (Å²) in [6, 6.07) is 10.8. The Hall–Kier alpha value is -0.860. The minimum absolute atomic E-state index is 0.316. The Morgan fingerprint density at radius 1 is 1.29 bits per heavy atom. The Kier molecular flexibility index (Phi) is 4.57. The van der Waals surface area contributed by atoms with Crippen LogP contribution >= 0.6 is 0 Å². The molecule has 1 unspecified atom stereocenters. The summed E-state index contributed by atoms with van der Waals surface area (Å²) >= 11 is 0. The summed E-state index contributed by atoms with van der Waals surface area (Å²) in [5.74, 6) is 0. The van der Waals surface area contributed by atoms with Crippen LogP contribution in [0.1, 0.15) is 25.3 Å². The molecular weight excluding hydrogens is 210 g/mol. The van der Waals surface area contributed by atoms with Crippen molar-refractivity contribution in [2.75, 3.05) is 26.3 Å². The van der Waals surface area contributed by atoms with E-state index in [1.807, 2.05) is 0 Å². The second-order valence-electron chi connectivity index (χ2n) is 5.14. The van der Waals surface area contributed by atoms with Crippen LogP contribution in [0.2, 0.25) is 0 Å². The van der Waals surface area contributed by atoms with E-state index in [0.29, 0.717) is 5.41 Å². The maximum atomic E-state index is 5.62. The summed E-state index contributed by atoms with van der Waals surface area (Å²) in [7, 11) is 0. The molecule has 2 nitrogen and oxygen atoms in total. The van der Waals surface area contributed by atoms with Crippen molar-refractivity contribution in [3.63, 3.8) is 0 Å². The van der Waals surface area contributed by atoms with Crippen molar-refractivity contribution >= 4 is 0 Å². The number of ether oxygens (including phenoxy) is 1. The molecule has 0 aliphatic carbocycles. The summed E-state index contributed by atoms with van der Waals surface area (Å²) in [5.41, 5.74) is 1.74. The topological polar surface area (TPSA) is 21.3 Å². The minimum atomic E-state index is 0.316. The molecule has 0 amide bonds. The molecule has 2 rings (SSSR count). The van der Waals surface area contributed by atoms with Crippen molar-refractivity contribution in [3.05, 3.63) is 35.9 Å². The highest BCUT2D eigenvalue weighted by atomic mass is 16.5. The van der Waals surface area contributed by atoms with Crippen LogP contribution in [0, 0.1) is 5.41 Å². The van der Waals surface area contributed by atoms with E-state index >= 15 is 0 Å². The second kappa shape index (κ2) is 6.18. The lowest BCUT2D eigenvalue weighted by Crippen LogP contribution is -2.37. The molecule has 94 valence electrons. The number of hydrogen-bond donors (Lipinski definition) is 1. The Morgan fingerprint density at radius 3 is 2.76 bits per heavy atom. The molecule has 1 aliphatic heterocycles. The van der Waals surface area contributed by atoms with E-state index in [-0.39, 0.29) is 0 Å². The Bertz CT molecular complexity index is 317. The fourth-order valence-corrected chi connectivity index (χ4v) is 2.55. The zero-order valence-electron chi connectivity index (χ0n) is 10.7. The fourth-order valence-electron chi connectivity index (χ4n) is 2.55. The molecule has 0 radical (unpaired) electrons. The van der Waals surface area contributed by atoms with Gasteiger partial charge in [0, 0.05) is 18.6 Å². The van der Waals surface area contributed by atoms with E-state index in [1.165, 1.54) is 18.4 Å². The Balaban J connectivity index is 1.96. The molecule has 0 aromatic heterocycles. The molecule has 0 saturated carbocycles. The first-order valence-electron chi connectivity index (χ1n) is 6.67. The SMILES string of the molecule is CCCNCC1(Cc2ccccc2)CCOC1. The summed E-state index contributed by atoms with van der Waals surface area (Å²) in [6.07, 6.45) is 3.51. The molecule has 0 spiro atoms. The average Bonchev–Trinajstić information content (AvgIpc) is 2.80. The number of rotatable bonds is 6. The van der Waals surface area contributed by atoms with Crippen molar-refractivity contribution in [1.82, 2.24) is 5.32 Å².